The molecule has 1 aliphatic rings. The maximum Gasteiger partial charge on any atom is 0.314 e. The third kappa shape index (κ3) is 1.08. The zero-order valence-corrected chi connectivity index (χ0v) is 7.83. The second-order valence-corrected chi connectivity index (χ2v) is 3.60. The number of hydrogen-bond acceptors (Lipinski definition) is 2. The third-order valence-corrected chi connectivity index (χ3v) is 2.66. The SMILES string of the molecule is O=c1[nH]c2c([nH]c1=O)-c1ccccc1C2. The van der Waals surface area contributed by atoms with Gasteiger partial charge in [0, 0.05) is 17.7 Å². The van der Waals surface area contributed by atoms with Gasteiger partial charge in [-0.2, -0.15) is 0 Å². The number of nitrogens with one attached hydrogen (secondary N) is 2. The lowest BCUT2D eigenvalue weighted by molar-refractivity contribution is 1.01. The van der Waals surface area contributed by atoms with Crippen molar-refractivity contribution in [2.45, 2.75) is 6.42 Å². The molecule has 0 radical (unpaired) electrons. The van der Waals surface area contributed by atoms with E-state index in [0.717, 1.165) is 22.5 Å². The molecule has 3 rings (SSSR count). The zero-order chi connectivity index (χ0) is 10.4. The van der Waals surface area contributed by atoms with Crippen molar-refractivity contribution in [1.82, 2.24) is 9.97 Å². The number of aromatic amines is 2. The molecule has 4 nitrogen and oxygen atoms in total. The minimum absolute atomic E-state index is 0.582. The van der Waals surface area contributed by atoms with Crippen LogP contribution in [0, 0.1) is 0 Å². The zero-order valence-electron chi connectivity index (χ0n) is 7.83. The van der Waals surface area contributed by atoms with Crippen LogP contribution in [-0.2, 0) is 6.42 Å². The normalized spacial score (nSPS) is 12.3. The second kappa shape index (κ2) is 2.70. The van der Waals surface area contributed by atoms with E-state index in [1.165, 1.54) is 0 Å². The van der Waals surface area contributed by atoms with Crippen molar-refractivity contribution in [2.75, 3.05) is 0 Å². The Kier molecular flexibility index (Phi) is 1.48. The number of benzene rings is 1. The molecule has 0 amide bonds. The van der Waals surface area contributed by atoms with E-state index in [9.17, 15) is 9.59 Å². The van der Waals surface area contributed by atoms with Crippen molar-refractivity contribution in [2.24, 2.45) is 0 Å². The first kappa shape index (κ1) is 8.23. The summed E-state index contributed by atoms with van der Waals surface area (Å²) in [5, 5.41) is 0. The number of fused-ring (bicyclic) bond motifs is 3. The van der Waals surface area contributed by atoms with Crippen LogP contribution in [0.25, 0.3) is 11.3 Å². The molecule has 0 fully saturated rings. The van der Waals surface area contributed by atoms with Gasteiger partial charge in [0.25, 0.3) is 0 Å². The van der Waals surface area contributed by atoms with Crippen molar-refractivity contribution in [1.29, 1.82) is 0 Å². The Morgan fingerprint density at radius 2 is 1.73 bits per heavy atom. The minimum Gasteiger partial charge on any atom is -0.319 e. The maximum atomic E-state index is 11.2. The van der Waals surface area contributed by atoms with Crippen LogP contribution in [0.15, 0.2) is 33.9 Å². The summed E-state index contributed by atoms with van der Waals surface area (Å²) >= 11 is 0. The molecule has 0 bridgehead atoms. The first-order chi connectivity index (χ1) is 7.25. The fourth-order valence-electron chi connectivity index (χ4n) is 1.97. The van der Waals surface area contributed by atoms with Crippen LogP contribution in [0.2, 0.25) is 0 Å². The average molecular weight is 200 g/mol. The van der Waals surface area contributed by atoms with E-state index in [1.807, 2.05) is 24.3 Å². The predicted octanol–water partition coefficient (Wildman–Crippen LogP) is 0.634. The van der Waals surface area contributed by atoms with Gasteiger partial charge in [-0.1, -0.05) is 24.3 Å². The Bertz CT molecular complexity index is 652. The summed E-state index contributed by atoms with van der Waals surface area (Å²) in [4.78, 5) is 27.5. The van der Waals surface area contributed by atoms with E-state index >= 15 is 0 Å². The molecular weight excluding hydrogens is 192 g/mol. The molecule has 0 saturated carbocycles. The molecule has 2 N–H and O–H groups in total. The van der Waals surface area contributed by atoms with Crippen LogP contribution in [0.3, 0.4) is 0 Å². The van der Waals surface area contributed by atoms with E-state index in [1.54, 1.807) is 0 Å². The van der Waals surface area contributed by atoms with Crippen molar-refractivity contribution in [3.8, 4) is 11.3 Å². The van der Waals surface area contributed by atoms with Gasteiger partial charge < -0.3 is 9.97 Å². The highest BCUT2D eigenvalue weighted by atomic mass is 16.2. The molecule has 0 atom stereocenters. The Hall–Kier alpha value is -2.10. The smallest absolute Gasteiger partial charge is 0.314 e. The standard InChI is InChI=1S/C11H8N2O2/c14-10-11(15)13-9-7-4-2-1-3-6(7)5-8(9)12-10/h1-4H,5H2,(H,12,14)(H,13,15). The quantitative estimate of drug-likeness (QED) is 0.523. The topological polar surface area (TPSA) is 65.7 Å². The van der Waals surface area contributed by atoms with Gasteiger partial charge in [-0.15, -0.1) is 0 Å². The largest absolute Gasteiger partial charge is 0.319 e. The monoisotopic (exact) mass is 200 g/mol. The van der Waals surface area contributed by atoms with Crippen LogP contribution in [0.5, 0.6) is 0 Å². The second-order valence-electron chi connectivity index (χ2n) is 3.60. The van der Waals surface area contributed by atoms with Crippen LogP contribution < -0.4 is 11.1 Å². The molecule has 0 saturated heterocycles. The van der Waals surface area contributed by atoms with Crippen molar-refractivity contribution in [3.05, 3.63) is 56.2 Å². The lowest BCUT2D eigenvalue weighted by atomic mass is 10.1. The summed E-state index contributed by atoms with van der Waals surface area (Å²) in [7, 11) is 0. The fourth-order valence-corrected chi connectivity index (χ4v) is 1.97. The van der Waals surface area contributed by atoms with Gasteiger partial charge in [0.15, 0.2) is 0 Å². The van der Waals surface area contributed by atoms with Gasteiger partial charge in [0.05, 0.1) is 5.69 Å². The summed E-state index contributed by atoms with van der Waals surface area (Å²) in [5.74, 6) is 0. The molecule has 1 heterocycles. The molecule has 74 valence electrons. The molecule has 1 aromatic heterocycles. The first-order valence-electron chi connectivity index (χ1n) is 4.69. The van der Waals surface area contributed by atoms with Crippen LogP contribution in [-0.4, -0.2) is 9.97 Å². The minimum atomic E-state index is -0.592. The summed E-state index contributed by atoms with van der Waals surface area (Å²) in [6, 6.07) is 7.79. The Labute approximate surface area is 84.6 Å². The van der Waals surface area contributed by atoms with Crippen molar-refractivity contribution in [3.63, 3.8) is 0 Å². The molecule has 4 heteroatoms. The molecule has 0 spiro atoms. The van der Waals surface area contributed by atoms with Gasteiger partial charge in [0.2, 0.25) is 0 Å². The van der Waals surface area contributed by atoms with E-state index in [4.69, 9.17) is 0 Å². The predicted molar refractivity (Wildman–Crippen MR) is 55.9 cm³/mol. The number of rotatable bonds is 0. The molecule has 1 aliphatic carbocycles. The van der Waals surface area contributed by atoms with E-state index in [2.05, 4.69) is 9.97 Å². The van der Waals surface area contributed by atoms with Crippen LogP contribution in [0.1, 0.15) is 11.3 Å². The molecule has 2 aromatic rings. The van der Waals surface area contributed by atoms with Crippen LogP contribution in [0.4, 0.5) is 0 Å². The number of H-pyrrole nitrogens is 2. The summed E-state index contributed by atoms with van der Waals surface area (Å²) in [6.07, 6.45) is 0.678. The Morgan fingerprint density at radius 1 is 1.00 bits per heavy atom. The van der Waals surface area contributed by atoms with Gasteiger partial charge in [-0.05, 0) is 5.56 Å². The van der Waals surface area contributed by atoms with E-state index < -0.39 is 11.1 Å². The Balaban J connectivity index is 2.38. The molecule has 0 unspecified atom stereocenters. The molecule has 15 heavy (non-hydrogen) atoms. The lowest BCUT2D eigenvalue weighted by Crippen LogP contribution is -2.30. The van der Waals surface area contributed by atoms with E-state index in [-0.39, 0.29) is 0 Å². The Morgan fingerprint density at radius 3 is 2.60 bits per heavy atom. The first-order valence-corrected chi connectivity index (χ1v) is 4.69. The van der Waals surface area contributed by atoms with Crippen molar-refractivity contribution >= 4 is 0 Å². The van der Waals surface area contributed by atoms with Gasteiger partial charge >= 0.3 is 11.1 Å². The summed E-state index contributed by atoms with van der Waals surface area (Å²) < 4.78 is 0. The maximum absolute atomic E-state index is 11.2. The highest BCUT2D eigenvalue weighted by Crippen LogP contribution is 2.31. The molecule has 0 aliphatic heterocycles. The van der Waals surface area contributed by atoms with Gasteiger partial charge in [-0.3, -0.25) is 9.59 Å². The third-order valence-electron chi connectivity index (χ3n) is 2.66. The lowest BCUT2D eigenvalue weighted by Gasteiger charge is -1.98. The fraction of sp³-hybridized carbons (Fsp3) is 0.0909. The number of aromatic nitrogens is 2. The van der Waals surface area contributed by atoms with Gasteiger partial charge in [0.1, 0.15) is 0 Å². The molecular formula is C11H8N2O2. The average Bonchev–Trinajstić information content (AvgIpc) is 2.57. The summed E-state index contributed by atoms with van der Waals surface area (Å²) in [5.41, 5.74) is 2.49. The molecule has 1 aromatic carbocycles. The highest BCUT2D eigenvalue weighted by molar-refractivity contribution is 5.71. The van der Waals surface area contributed by atoms with E-state index in [0.29, 0.717) is 6.42 Å². The van der Waals surface area contributed by atoms with Gasteiger partial charge in [-0.25, -0.2) is 0 Å². The van der Waals surface area contributed by atoms with Crippen molar-refractivity contribution < 1.29 is 0 Å². The highest BCUT2D eigenvalue weighted by Gasteiger charge is 2.19. The van der Waals surface area contributed by atoms with Crippen LogP contribution >= 0.6 is 0 Å². The number of hydrogen-bond donors (Lipinski definition) is 2. The summed E-state index contributed by atoms with van der Waals surface area (Å²) in [6.45, 7) is 0.